The van der Waals surface area contributed by atoms with Gasteiger partial charge in [0.05, 0.1) is 5.39 Å². The minimum absolute atomic E-state index is 0.0505. The van der Waals surface area contributed by atoms with Gasteiger partial charge in [0.2, 0.25) is 0 Å². The molecule has 4 nitrogen and oxygen atoms in total. The summed E-state index contributed by atoms with van der Waals surface area (Å²) in [4.78, 5) is 22.5. The molecule has 24 heavy (non-hydrogen) atoms. The van der Waals surface area contributed by atoms with E-state index in [1.807, 2.05) is 26.0 Å². The number of H-pyrrole nitrogens is 1. The Morgan fingerprint density at radius 2 is 2.00 bits per heavy atom. The second kappa shape index (κ2) is 5.45. The van der Waals surface area contributed by atoms with Crippen LogP contribution >= 0.6 is 11.3 Å². The summed E-state index contributed by atoms with van der Waals surface area (Å²) in [6.45, 7) is 5.97. The normalized spacial score (nSPS) is 17.2. The quantitative estimate of drug-likeness (QED) is 0.701. The molecule has 1 aliphatic rings. The van der Waals surface area contributed by atoms with E-state index in [0.717, 1.165) is 46.2 Å². The molecular weight excluding hydrogens is 320 g/mol. The van der Waals surface area contributed by atoms with E-state index < -0.39 is 0 Å². The Morgan fingerprint density at radius 1 is 1.29 bits per heavy atom. The van der Waals surface area contributed by atoms with Crippen LogP contribution in [0, 0.1) is 19.8 Å². The van der Waals surface area contributed by atoms with Gasteiger partial charge in [-0.15, -0.1) is 11.3 Å². The van der Waals surface area contributed by atoms with Gasteiger partial charge in [0, 0.05) is 10.4 Å². The summed E-state index contributed by atoms with van der Waals surface area (Å²) in [5.41, 5.74) is 3.55. The van der Waals surface area contributed by atoms with Crippen LogP contribution in [0.15, 0.2) is 16.9 Å². The summed E-state index contributed by atoms with van der Waals surface area (Å²) < 4.78 is 0. The van der Waals surface area contributed by atoms with E-state index in [1.54, 1.807) is 11.3 Å². The number of aromatic nitrogens is 2. The molecule has 1 aromatic carbocycles. The second-order valence-corrected chi connectivity index (χ2v) is 7.99. The molecule has 2 aromatic heterocycles. The number of nitrogens with zero attached hydrogens (tertiary/aromatic N) is 1. The molecule has 0 radical (unpaired) electrons. The van der Waals surface area contributed by atoms with E-state index in [1.165, 1.54) is 10.4 Å². The van der Waals surface area contributed by atoms with Gasteiger partial charge in [-0.3, -0.25) is 4.79 Å². The van der Waals surface area contributed by atoms with Crippen molar-refractivity contribution in [3.8, 4) is 17.1 Å². The Bertz CT molecular complexity index is 993. The maximum Gasteiger partial charge on any atom is 0.260 e. The zero-order valence-electron chi connectivity index (χ0n) is 14.1. The van der Waals surface area contributed by atoms with Crippen molar-refractivity contribution >= 4 is 21.6 Å². The summed E-state index contributed by atoms with van der Waals surface area (Å²) in [7, 11) is 0. The number of nitrogens with one attached hydrogen (secondary N) is 1. The number of aromatic amines is 1. The maximum atomic E-state index is 12.7. The van der Waals surface area contributed by atoms with Crippen LogP contribution in [0.4, 0.5) is 0 Å². The van der Waals surface area contributed by atoms with Crippen molar-refractivity contribution in [3.63, 3.8) is 0 Å². The molecule has 4 rings (SSSR count). The van der Waals surface area contributed by atoms with Gasteiger partial charge in [0.15, 0.2) is 0 Å². The molecule has 0 spiro atoms. The number of aryl methyl sites for hydroxylation is 3. The number of fused-ring (bicyclic) bond motifs is 3. The van der Waals surface area contributed by atoms with Gasteiger partial charge < -0.3 is 10.1 Å². The summed E-state index contributed by atoms with van der Waals surface area (Å²) in [6, 6.07) is 3.73. The highest BCUT2D eigenvalue weighted by Crippen LogP contribution is 2.36. The van der Waals surface area contributed by atoms with E-state index in [9.17, 15) is 9.90 Å². The summed E-state index contributed by atoms with van der Waals surface area (Å²) in [5, 5.41) is 10.7. The maximum absolute atomic E-state index is 12.7. The van der Waals surface area contributed by atoms with E-state index in [2.05, 4.69) is 11.9 Å². The van der Waals surface area contributed by atoms with Crippen molar-refractivity contribution in [1.29, 1.82) is 0 Å². The molecule has 5 heteroatoms. The molecule has 0 bridgehead atoms. The molecule has 2 heterocycles. The predicted molar refractivity (Wildman–Crippen MR) is 98.0 cm³/mol. The number of aromatic hydroxyl groups is 1. The lowest BCUT2D eigenvalue weighted by Crippen LogP contribution is -2.13. The highest BCUT2D eigenvalue weighted by atomic mass is 32.1. The average molecular weight is 340 g/mol. The Hall–Kier alpha value is -2.14. The molecule has 2 N–H and O–H groups in total. The van der Waals surface area contributed by atoms with Crippen LogP contribution in [-0.2, 0) is 12.8 Å². The fraction of sp³-hybridized carbons (Fsp3) is 0.368. The minimum atomic E-state index is -0.0505. The zero-order valence-corrected chi connectivity index (χ0v) is 14.9. The largest absolute Gasteiger partial charge is 0.507 e. The van der Waals surface area contributed by atoms with Crippen molar-refractivity contribution in [2.45, 2.75) is 40.0 Å². The Kier molecular flexibility index (Phi) is 3.49. The third-order valence-corrected chi connectivity index (χ3v) is 6.08. The number of thiophene rings is 1. The lowest BCUT2D eigenvalue weighted by atomic mass is 9.89. The van der Waals surface area contributed by atoms with Gasteiger partial charge in [-0.05, 0) is 67.9 Å². The molecule has 0 saturated carbocycles. The topological polar surface area (TPSA) is 66.0 Å². The van der Waals surface area contributed by atoms with Gasteiger partial charge in [-0.2, -0.15) is 0 Å². The SMILES string of the molecule is Cc1cc(-c2nc3sc4c(c3c(=O)[nH]2)CCC(C)C4)cc(C)c1O. The number of hydrogen-bond acceptors (Lipinski definition) is 4. The molecule has 0 aliphatic heterocycles. The van der Waals surface area contributed by atoms with E-state index in [-0.39, 0.29) is 5.56 Å². The van der Waals surface area contributed by atoms with Crippen LogP contribution in [0.3, 0.4) is 0 Å². The molecule has 0 saturated heterocycles. The van der Waals surface area contributed by atoms with Gasteiger partial charge >= 0.3 is 0 Å². The lowest BCUT2D eigenvalue weighted by Gasteiger charge is -2.17. The molecular formula is C19H20N2O2S. The highest BCUT2D eigenvalue weighted by molar-refractivity contribution is 7.18. The standard InChI is InChI=1S/C19H20N2O2S/c1-9-4-5-13-14(6-9)24-19-15(13)18(23)20-17(21-19)12-7-10(2)16(22)11(3)8-12/h7-9,22H,4-6H2,1-3H3,(H,20,21,23). The fourth-order valence-corrected chi connectivity index (χ4v) is 4.96. The summed E-state index contributed by atoms with van der Waals surface area (Å²) in [5.74, 6) is 1.54. The summed E-state index contributed by atoms with van der Waals surface area (Å²) >= 11 is 1.66. The van der Waals surface area contributed by atoms with Gasteiger partial charge in [0.25, 0.3) is 5.56 Å². The van der Waals surface area contributed by atoms with Crippen LogP contribution in [0.2, 0.25) is 0 Å². The minimum Gasteiger partial charge on any atom is -0.507 e. The Morgan fingerprint density at radius 3 is 2.71 bits per heavy atom. The highest BCUT2D eigenvalue weighted by Gasteiger charge is 2.23. The molecule has 0 fully saturated rings. The van der Waals surface area contributed by atoms with Crippen LogP contribution < -0.4 is 5.56 Å². The first-order valence-electron chi connectivity index (χ1n) is 8.29. The second-order valence-electron chi connectivity index (χ2n) is 6.91. The molecule has 0 amide bonds. The number of hydrogen-bond donors (Lipinski definition) is 2. The first-order valence-corrected chi connectivity index (χ1v) is 9.11. The Labute approximate surface area is 144 Å². The molecule has 1 atom stereocenters. The third-order valence-electron chi connectivity index (χ3n) is 4.93. The van der Waals surface area contributed by atoms with E-state index in [4.69, 9.17) is 4.98 Å². The number of rotatable bonds is 1. The number of phenolic OH excluding ortho intramolecular Hbond substituents is 1. The fourth-order valence-electron chi connectivity index (χ4n) is 3.58. The average Bonchev–Trinajstić information content (AvgIpc) is 2.89. The first-order chi connectivity index (χ1) is 11.4. The number of benzene rings is 1. The summed E-state index contributed by atoms with van der Waals surface area (Å²) in [6.07, 6.45) is 3.15. The van der Waals surface area contributed by atoms with Crippen molar-refractivity contribution in [2.24, 2.45) is 5.92 Å². The van der Waals surface area contributed by atoms with E-state index in [0.29, 0.717) is 17.5 Å². The molecule has 1 aliphatic carbocycles. The van der Waals surface area contributed by atoms with Gasteiger partial charge in [-0.25, -0.2) is 4.98 Å². The number of phenols is 1. The third kappa shape index (κ3) is 2.35. The van der Waals surface area contributed by atoms with Crippen LogP contribution in [0.25, 0.3) is 21.6 Å². The van der Waals surface area contributed by atoms with Crippen molar-refractivity contribution < 1.29 is 5.11 Å². The van der Waals surface area contributed by atoms with Gasteiger partial charge in [-0.1, -0.05) is 6.92 Å². The first kappa shape index (κ1) is 15.4. The lowest BCUT2D eigenvalue weighted by molar-refractivity contribution is 0.467. The monoisotopic (exact) mass is 340 g/mol. The molecule has 3 aromatic rings. The van der Waals surface area contributed by atoms with E-state index >= 15 is 0 Å². The van der Waals surface area contributed by atoms with Crippen LogP contribution in [0.5, 0.6) is 5.75 Å². The Balaban J connectivity index is 1.92. The predicted octanol–water partition coefficient (Wildman–Crippen LogP) is 4.10. The van der Waals surface area contributed by atoms with Crippen molar-refractivity contribution in [3.05, 3.63) is 44.1 Å². The van der Waals surface area contributed by atoms with Crippen molar-refractivity contribution in [1.82, 2.24) is 9.97 Å². The zero-order chi connectivity index (χ0) is 17.0. The van der Waals surface area contributed by atoms with Crippen LogP contribution in [0.1, 0.15) is 34.9 Å². The van der Waals surface area contributed by atoms with Gasteiger partial charge in [0.1, 0.15) is 16.4 Å². The van der Waals surface area contributed by atoms with Crippen molar-refractivity contribution in [2.75, 3.05) is 0 Å². The molecule has 124 valence electrons. The van der Waals surface area contributed by atoms with Crippen LogP contribution in [-0.4, -0.2) is 15.1 Å². The molecule has 1 unspecified atom stereocenters. The smallest absolute Gasteiger partial charge is 0.260 e.